The number of benzene rings is 2. The van der Waals surface area contributed by atoms with Crippen LogP contribution in [0.2, 0.25) is 0 Å². The van der Waals surface area contributed by atoms with Crippen molar-refractivity contribution in [1.82, 2.24) is 9.38 Å². The lowest BCUT2D eigenvalue weighted by Crippen LogP contribution is -2.11. The Balaban J connectivity index is 1.77. The maximum atomic E-state index is 10.0. The third-order valence-corrected chi connectivity index (χ3v) is 6.32. The Morgan fingerprint density at radius 3 is 2.44 bits per heavy atom. The molecule has 2 aromatic heterocycles. The highest BCUT2D eigenvalue weighted by molar-refractivity contribution is 5.86. The van der Waals surface area contributed by atoms with Crippen molar-refractivity contribution in [2.45, 2.75) is 65.3 Å². The maximum absolute atomic E-state index is 10.0. The topological polar surface area (TPSA) is 53.1 Å². The first kappa shape index (κ1) is 21.9. The van der Waals surface area contributed by atoms with Crippen LogP contribution in [0.5, 0.6) is 0 Å². The van der Waals surface area contributed by atoms with Gasteiger partial charge in [0.05, 0.1) is 16.6 Å². The van der Waals surface area contributed by atoms with Crippen LogP contribution in [-0.2, 0) is 13.0 Å². The minimum absolute atomic E-state index is 0.687. The molecule has 2 heterocycles. The molecule has 0 aliphatic rings. The summed E-state index contributed by atoms with van der Waals surface area (Å²) in [6.07, 6.45) is 8.49. The summed E-state index contributed by atoms with van der Waals surface area (Å²) in [6.45, 7) is 5.07. The van der Waals surface area contributed by atoms with E-state index in [-0.39, 0.29) is 0 Å². The molecule has 0 fully saturated rings. The van der Waals surface area contributed by atoms with Crippen LogP contribution in [0.15, 0.2) is 54.6 Å². The van der Waals surface area contributed by atoms with Crippen molar-refractivity contribution < 1.29 is 0 Å². The van der Waals surface area contributed by atoms with E-state index in [0.29, 0.717) is 5.56 Å². The number of unbranched alkanes of at least 4 members (excludes halogenated alkanes) is 5. The number of para-hydroxylation sites is 2. The highest BCUT2D eigenvalue weighted by Crippen LogP contribution is 2.32. The fourth-order valence-electron chi connectivity index (χ4n) is 4.54. The Morgan fingerprint density at radius 1 is 0.938 bits per heavy atom. The Labute approximate surface area is 190 Å². The van der Waals surface area contributed by atoms with Gasteiger partial charge in [-0.25, -0.2) is 4.98 Å². The molecule has 0 spiro atoms. The Kier molecular flexibility index (Phi) is 7.07. The number of rotatable bonds is 10. The second kappa shape index (κ2) is 10.3. The number of nitriles is 1. The monoisotopic (exact) mass is 424 g/mol. The second-order valence-corrected chi connectivity index (χ2v) is 8.56. The van der Waals surface area contributed by atoms with Gasteiger partial charge in [-0.15, -0.1) is 0 Å². The van der Waals surface area contributed by atoms with Crippen LogP contribution in [-0.4, -0.2) is 9.38 Å². The van der Waals surface area contributed by atoms with Crippen molar-refractivity contribution in [3.63, 3.8) is 0 Å². The molecule has 0 radical (unpaired) electrons. The smallest absolute Gasteiger partial charge is 0.157 e. The Hall–Kier alpha value is -3.32. The SMILES string of the molecule is CCCCCCCCc1c(C)c(C#N)c2nc3ccccc3n2c1NCc1ccccc1. The van der Waals surface area contributed by atoms with E-state index < -0.39 is 0 Å². The molecule has 164 valence electrons. The highest BCUT2D eigenvalue weighted by atomic mass is 15.1. The third kappa shape index (κ3) is 4.48. The molecule has 1 N–H and O–H groups in total. The number of hydrogen-bond acceptors (Lipinski definition) is 3. The number of imidazole rings is 1. The summed E-state index contributed by atoms with van der Waals surface area (Å²) in [5.74, 6) is 1.07. The summed E-state index contributed by atoms with van der Waals surface area (Å²) in [7, 11) is 0. The quantitative estimate of drug-likeness (QED) is 0.274. The van der Waals surface area contributed by atoms with Crippen molar-refractivity contribution >= 4 is 22.5 Å². The average molecular weight is 425 g/mol. The first-order valence-corrected chi connectivity index (χ1v) is 11.8. The summed E-state index contributed by atoms with van der Waals surface area (Å²) in [6, 6.07) is 21.1. The van der Waals surface area contributed by atoms with Gasteiger partial charge < -0.3 is 5.32 Å². The summed E-state index contributed by atoms with van der Waals surface area (Å²) >= 11 is 0. The van der Waals surface area contributed by atoms with E-state index in [1.54, 1.807) is 0 Å². The molecule has 0 aliphatic carbocycles. The first-order valence-electron chi connectivity index (χ1n) is 11.8. The number of fused-ring (bicyclic) bond motifs is 3. The largest absolute Gasteiger partial charge is 0.367 e. The molecule has 0 unspecified atom stereocenters. The van der Waals surface area contributed by atoms with Crippen molar-refractivity contribution in [2.24, 2.45) is 0 Å². The van der Waals surface area contributed by atoms with Crippen LogP contribution >= 0.6 is 0 Å². The molecular formula is C28H32N4. The summed E-state index contributed by atoms with van der Waals surface area (Å²) < 4.78 is 2.16. The molecular weight excluding hydrogens is 392 g/mol. The molecule has 0 saturated heterocycles. The normalized spacial score (nSPS) is 11.2. The van der Waals surface area contributed by atoms with Gasteiger partial charge in [-0.1, -0.05) is 81.5 Å². The molecule has 0 saturated carbocycles. The van der Waals surface area contributed by atoms with Gasteiger partial charge in [-0.3, -0.25) is 4.40 Å². The van der Waals surface area contributed by atoms with Gasteiger partial charge in [0.25, 0.3) is 0 Å². The number of aromatic nitrogens is 2. The summed E-state index contributed by atoms with van der Waals surface area (Å²) in [5, 5.41) is 13.7. The van der Waals surface area contributed by atoms with E-state index in [2.05, 4.69) is 60.0 Å². The van der Waals surface area contributed by atoms with Gasteiger partial charge in [-0.05, 0) is 48.6 Å². The number of anilines is 1. The van der Waals surface area contributed by atoms with Gasteiger partial charge in [0, 0.05) is 6.54 Å². The predicted octanol–water partition coefficient (Wildman–Crippen LogP) is 7.18. The fraction of sp³-hybridized carbons (Fsp3) is 0.357. The molecule has 0 bridgehead atoms. The number of nitrogens with one attached hydrogen (secondary N) is 1. The van der Waals surface area contributed by atoms with E-state index in [1.807, 2.05) is 24.3 Å². The van der Waals surface area contributed by atoms with Gasteiger partial charge in [0.15, 0.2) is 5.65 Å². The molecule has 4 nitrogen and oxygen atoms in total. The average Bonchev–Trinajstić information content (AvgIpc) is 3.20. The maximum Gasteiger partial charge on any atom is 0.157 e. The number of hydrogen-bond donors (Lipinski definition) is 1. The van der Waals surface area contributed by atoms with Crippen molar-refractivity contribution in [3.05, 3.63) is 76.9 Å². The lowest BCUT2D eigenvalue weighted by molar-refractivity contribution is 0.607. The summed E-state index contributed by atoms with van der Waals surface area (Å²) in [4.78, 5) is 4.83. The van der Waals surface area contributed by atoms with Crippen LogP contribution in [0.1, 0.15) is 67.7 Å². The van der Waals surface area contributed by atoms with Crippen molar-refractivity contribution in [3.8, 4) is 6.07 Å². The molecule has 0 aliphatic heterocycles. The van der Waals surface area contributed by atoms with Gasteiger partial charge in [0.2, 0.25) is 0 Å². The van der Waals surface area contributed by atoms with Crippen LogP contribution in [0, 0.1) is 18.3 Å². The van der Waals surface area contributed by atoms with Crippen LogP contribution in [0.3, 0.4) is 0 Å². The van der Waals surface area contributed by atoms with E-state index in [4.69, 9.17) is 4.98 Å². The fourth-order valence-corrected chi connectivity index (χ4v) is 4.54. The van der Waals surface area contributed by atoms with Gasteiger partial charge in [-0.2, -0.15) is 5.26 Å². The molecule has 0 amide bonds. The van der Waals surface area contributed by atoms with Crippen molar-refractivity contribution in [1.29, 1.82) is 5.26 Å². The summed E-state index contributed by atoms with van der Waals surface area (Å²) in [5.41, 5.74) is 6.92. The van der Waals surface area contributed by atoms with Crippen LogP contribution in [0.25, 0.3) is 16.7 Å². The minimum atomic E-state index is 0.687. The Morgan fingerprint density at radius 2 is 1.66 bits per heavy atom. The molecule has 4 heteroatoms. The molecule has 0 atom stereocenters. The standard InChI is InChI=1S/C28H32N4/c1-3-4-5-6-7-11-16-23-21(2)24(19-29)28-31-25-17-12-13-18-26(25)32(28)27(23)30-20-22-14-9-8-10-15-22/h8-10,12-15,17-18,30H,3-7,11,16,20H2,1-2H3. The lowest BCUT2D eigenvalue weighted by Gasteiger charge is -2.19. The third-order valence-electron chi connectivity index (χ3n) is 6.32. The number of pyridine rings is 1. The van der Waals surface area contributed by atoms with E-state index in [9.17, 15) is 5.26 Å². The highest BCUT2D eigenvalue weighted by Gasteiger charge is 2.20. The molecule has 4 rings (SSSR count). The molecule has 4 aromatic rings. The van der Waals surface area contributed by atoms with E-state index in [1.165, 1.54) is 43.2 Å². The number of nitrogens with zero attached hydrogens (tertiary/aromatic N) is 3. The zero-order valence-electron chi connectivity index (χ0n) is 19.2. The zero-order chi connectivity index (χ0) is 22.3. The second-order valence-electron chi connectivity index (χ2n) is 8.56. The van der Waals surface area contributed by atoms with Crippen molar-refractivity contribution in [2.75, 3.05) is 5.32 Å². The lowest BCUT2D eigenvalue weighted by atomic mass is 9.98. The minimum Gasteiger partial charge on any atom is -0.367 e. The predicted molar refractivity (Wildman–Crippen MR) is 133 cm³/mol. The zero-order valence-corrected chi connectivity index (χ0v) is 19.2. The van der Waals surface area contributed by atoms with Gasteiger partial charge >= 0.3 is 0 Å². The van der Waals surface area contributed by atoms with Crippen LogP contribution in [0.4, 0.5) is 5.82 Å². The van der Waals surface area contributed by atoms with Gasteiger partial charge in [0.1, 0.15) is 11.9 Å². The van der Waals surface area contributed by atoms with Crippen LogP contribution < -0.4 is 5.32 Å². The van der Waals surface area contributed by atoms with E-state index in [0.717, 1.165) is 47.4 Å². The molecule has 32 heavy (non-hydrogen) atoms. The molecule has 2 aromatic carbocycles. The first-order chi connectivity index (χ1) is 15.7. The Bertz CT molecular complexity index is 1230. The van der Waals surface area contributed by atoms with E-state index >= 15 is 0 Å².